The molecule has 4 nitrogen and oxygen atoms in total. The minimum atomic E-state index is -0.143. The number of carbonyl (C=O) groups is 1. The van der Waals surface area contributed by atoms with E-state index in [2.05, 4.69) is 24.1 Å². The average molecular weight is 268 g/mol. The molecule has 0 aliphatic rings. The number of aliphatic hydroxyl groups is 1. The lowest BCUT2D eigenvalue weighted by atomic mass is 10.0. The minimum absolute atomic E-state index is 0.0101. The van der Waals surface area contributed by atoms with E-state index in [0.717, 1.165) is 11.3 Å². The number of amides is 1. The van der Waals surface area contributed by atoms with Crippen LogP contribution in [-0.2, 0) is 4.79 Å². The summed E-state index contributed by atoms with van der Waals surface area (Å²) in [4.78, 5) is 16.6. The van der Waals surface area contributed by atoms with Gasteiger partial charge in [0, 0.05) is 17.3 Å². The highest BCUT2D eigenvalue weighted by atomic mass is 32.2. The number of carbonyl (C=O) groups excluding carboxylic acids is 1. The van der Waals surface area contributed by atoms with Crippen molar-refractivity contribution in [2.45, 2.75) is 31.2 Å². The van der Waals surface area contributed by atoms with E-state index in [1.54, 1.807) is 12.4 Å². The molecule has 0 aliphatic carbocycles. The molecule has 1 amide bonds. The maximum absolute atomic E-state index is 11.7. The van der Waals surface area contributed by atoms with Gasteiger partial charge in [-0.2, -0.15) is 0 Å². The number of thioether (sulfide) groups is 1. The van der Waals surface area contributed by atoms with Crippen molar-refractivity contribution in [2.24, 2.45) is 5.92 Å². The van der Waals surface area contributed by atoms with Gasteiger partial charge in [-0.05, 0) is 24.5 Å². The zero-order chi connectivity index (χ0) is 13.4. The molecule has 1 heterocycles. The summed E-state index contributed by atoms with van der Waals surface area (Å²) in [5.41, 5.74) is 0. The molecular formula is C13H20N2O2S. The Morgan fingerprint density at radius 3 is 2.67 bits per heavy atom. The maximum Gasteiger partial charge on any atom is 0.230 e. The first-order valence-electron chi connectivity index (χ1n) is 6.05. The van der Waals surface area contributed by atoms with Crippen LogP contribution in [0.4, 0.5) is 0 Å². The van der Waals surface area contributed by atoms with Gasteiger partial charge < -0.3 is 10.4 Å². The first-order valence-corrected chi connectivity index (χ1v) is 7.03. The second kappa shape index (κ2) is 8.11. The molecule has 18 heavy (non-hydrogen) atoms. The van der Waals surface area contributed by atoms with E-state index in [0.29, 0.717) is 11.7 Å². The zero-order valence-electron chi connectivity index (χ0n) is 10.8. The summed E-state index contributed by atoms with van der Waals surface area (Å²) >= 11 is 1.47. The molecule has 0 aliphatic heterocycles. The normalized spacial score (nSPS) is 12.4. The number of rotatable bonds is 7. The topological polar surface area (TPSA) is 62.2 Å². The molecule has 5 heteroatoms. The SMILES string of the molecule is CC(C)CC(CO)NC(=O)CSc1ccncc1. The van der Waals surface area contributed by atoms with Gasteiger partial charge in [0.15, 0.2) is 0 Å². The summed E-state index contributed by atoms with van der Waals surface area (Å²) in [7, 11) is 0. The van der Waals surface area contributed by atoms with E-state index in [1.165, 1.54) is 11.8 Å². The molecule has 0 saturated heterocycles. The Bertz CT molecular complexity index is 357. The van der Waals surface area contributed by atoms with Crippen molar-refractivity contribution in [1.82, 2.24) is 10.3 Å². The van der Waals surface area contributed by atoms with Crippen LogP contribution in [0.25, 0.3) is 0 Å². The summed E-state index contributed by atoms with van der Waals surface area (Å²) in [5, 5.41) is 12.0. The monoisotopic (exact) mass is 268 g/mol. The Labute approximate surface area is 112 Å². The molecule has 100 valence electrons. The molecular weight excluding hydrogens is 248 g/mol. The van der Waals surface area contributed by atoms with Crippen LogP contribution in [0.2, 0.25) is 0 Å². The molecule has 0 spiro atoms. The van der Waals surface area contributed by atoms with Crippen LogP contribution >= 0.6 is 11.8 Å². The molecule has 1 rings (SSSR count). The average Bonchev–Trinajstić information content (AvgIpc) is 2.36. The van der Waals surface area contributed by atoms with Crippen molar-refractivity contribution in [3.63, 3.8) is 0 Å². The zero-order valence-corrected chi connectivity index (χ0v) is 11.6. The van der Waals surface area contributed by atoms with Crippen molar-refractivity contribution in [3.05, 3.63) is 24.5 Å². The van der Waals surface area contributed by atoms with Gasteiger partial charge in [-0.15, -0.1) is 11.8 Å². The summed E-state index contributed by atoms with van der Waals surface area (Å²) in [6, 6.07) is 3.60. The van der Waals surface area contributed by atoms with Crippen molar-refractivity contribution < 1.29 is 9.90 Å². The standard InChI is InChI=1S/C13H20N2O2S/c1-10(2)7-11(8-16)15-13(17)9-18-12-3-5-14-6-4-12/h3-6,10-11,16H,7-9H2,1-2H3,(H,15,17). The van der Waals surface area contributed by atoms with E-state index < -0.39 is 0 Å². The number of hydrogen-bond donors (Lipinski definition) is 2. The van der Waals surface area contributed by atoms with Crippen LogP contribution in [0.15, 0.2) is 29.4 Å². The maximum atomic E-state index is 11.7. The lowest BCUT2D eigenvalue weighted by molar-refractivity contribution is -0.119. The largest absolute Gasteiger partial charge is 0.394 e. The highest BCUT2D eigenvalue weighted by Gasteiger charge is 2.12. The number of aromatic nitrogens is 1. The van der Waals surface area contributed by atoms with E-state index in [9.17, 15) is 9.90 Å². The first kappa shape index (κ1) is 15.0. The fraction of sp³-hybridized carbons (Fsp3) is 0.538. The Kier molecular flexibility index (Phi) is 6.75. The van der Waals surface area contributed by atoms with Gasteiger partial charge in [-0.1, -0.05) is 13.8 Å². The number of nitrogens with one attached hydrogen (secondary N) is 1. The highest BCUT2D eigenvalue weighted by molar-refractivity contribution is 8.00. The molecule has 1 aromatic heterocycles. The van der Waals surface area contributed by atoms with E-state index in [1.807, 2.05) is 12.1 Å². The molecule has 1 atom stereocenters. The third kappa shape index (κ3) is 6.02. The molecule has 1 aromatic rings. The van der Waals surface area contributed by atoms with Gasteiger partial charge in [0.05, 0.1) is 18.4 Å². The van der Waals surface area contributed by atoms with Crippen LogP contribution in [0.1, 0.15) is 20.3 Å². The predicted octanol–water partition coefficient (Wildman–Crippen LogP) is 1.70. The summed E-state index contributed by atoms with van der Waals surface area (Å²) in [5.74, 6) is 0.769. The summed E-state index contributed by atoms with van der Waals surface area (Å²) in [6.07, 6.45) is 4.20. The third-order valence-electron chi connectivity index (χ3n) is 2.36. The van der Waals surface area contributed by atoms with Crippen LogP contribution in [-0.4, -0.2) is 34.4 Å². The third-order valence-corrected chi connectivity index (χ3v) is 3.37. The number of hydrogen-bond acceptors (Lipinski definition) is 4. The quantitative estimate of drug-likeness (QED) is 0.739. The second-order valence-electron chi connectivity index (χ2n) is 4.55. The Balaban J connectivity index is 2.32. The van der Waals surface area contributed by atoms with Gasteiger partial charge in [-0.25, -0.2) is 0 Å². The molecule has 0 aromatic carbocycles. The molecule has 2 N–H and O–H groups in total. The van der Waals surface area contributed by atoms with E-state index in [4.69, 9.17) is 0 Å². The Morgan fingerprint density at radius 2 is 2.11 bits per heavy atom. The fourth-order valence-electron chi connectivity index (χ4n) is 1.60. The molecule has 0 fully saturated rings. The lowest BCUT2D eigenvalue weighted by Crippen LogP contribution is -2.39. The van der Waals surface area contributed by atoms with Gasteiger partial charge >= 0.3 is 0 Å². The molecule has 0 radical (unpaired) electrons. The highest BCUT2D eigenvalue weighted by Crippen LogP contribution is 2.15. The summed E-state index contributed by atoms with van der Waals surface area (Å²) in [6.45, 7) is 4.13. The smallest absolute Gasteiger partial charge is 0.230 e. The fourth-order valence-corrected chi connectivity index (χ4v) is 2.30. The van der Waals surface area contributed by atoms with Crippen molar-refractivity contribution in [3.8, 4) is 0 Å². The molecule has 0 bridgehead atoms. The van der Waals surface area contributed by atoms with Gasteiger partial charge in [0.1, 0.15) is 0 Å². The lowest BCUT2D eigenvalue weighted by Gasteiger charge is -2.18. The van der Waals surface area contributed by atoms with Crippen molar-refractivity contribution >= 4 is 17.7 Å². The minimum Gasteiger partial charge on any atom is -0.394 e. The molecule has 1 unspecified atom stereocenters. The number of nitrogens with zero attached hydrogens (tertiary/aromatic N) is 1. The van der Waals surface area contributed by atoms with Gasteiger partial charge in [-0.3, -0.25) is 9.78 Å². The van der Waals surface area contributed by atoms with Crippen molar-refractivity contribution in [1.29, 1.82) is 0 Å². The number of aliphatic hydroxyl groups excluding tert-OH is 1. The number of pyridine rings is 1. The Morgan fingerprint density at radius 1 is 1.44 bits per heavy atom. The Hall–Kier alpha value is -1.07. The van der Waals surface area contributed by atoms with Crippen LogP contribution in [0, 0.1) is 5.92 Å². The van der Waals surface area contributed by atoms with Crippen molar-refractivity contribution in [2.75, 3.05) is 12.4 Å². The van der Waals surface area contributed by atoms with E-state index in [-0.39, 0.29) is 18.6 Å². The predicted molar refractivity (Wildman–Crippen MR) is 73.4 cm³/mol. The van der Waals surface area contributed by atoms with Crippen LogP contribution in [0.5, 0.6) is 0 Å². The van der Waals surface area contributed by atoms with E-state index >= 15 is 0 Å². The first-order chi connectivity index (χ1) is 8.61. The van der Waals surface area contributed by atoms with Crippen LogP contribution < -0.4 is 5.32 Å². The second-order valence-corrected chi connectivity index (χ2v) is 5.60. The van der Waals surface area contributed by atoms with Gasteiger partial charge in [0.25, 0.3) is 0 Å². The van der Waals surface area contributed by atoms with Gasteiger partial charge in [0.2, 0.25) is 5.91 Å². The summed E-state index contributed by atoms with van der Waals surface area (Å²) < 4.78 is 0. The molecule has 0 saturated carbocycles. The van der Waals surface area contributed by atoms with Crippen LogP contribution in [0.3, 0.4) is 0 Å².